The van der Waals surface area contributed by atoms with Gasteiger partial charge in [-0.15, -0.1) is 0 Å². The van der Waals surface area contributed by atoms with Crippen molar-refractivity contribution in [1.82, 2.24) is 0 Å². The summed E-state index contributed by atoms with van der Waals surface area (Å²) in [5, 5.41) is 9.44. The Morgan fingerprint density at radius 3 is 2.46 bits per heavy atom. The van der Waals surface area contributed by atoms with Crippen LogP contribution in [0.3, 0.4) is 0 Å². The molecule has 0 heterocycles. The number of benzene rings is 1. The highest BCUT2D eigenvalue weighted by Crippen LogP contribution is 2.25. The van der Waals surface area contributed by atoms with Crippen molar-refractivity contribution < 1.29 is 5.11 Å². The highest BCUT2D eigenvalue weighted by atomic mass is 16.3. The van der Waals surface area contributed by atoms with Crippen LogP contribution in [0.4, 0.5) is 0 Å². The zero-order chi connectivity index (χ0) is 10.0. The second-order valence-corrected chi connectivity index (χ2v) is 3.51. The summed E-state index contributed by atoms with van der Waals surface area (Å²) in [6, 6.07) is 3.83. The predicted molar refractivity (Wildman–Crippen MR) is 54.8 cm³/mol. The minimum Gasteiger partial charge on any atom is -0.508 e. The van der Waals surface area contributed by atoms with Crippen LogP contribution in [0.15, 0.2) is 12.1 Å². The third-order valence-corrected chi connectivity index (χ3v) is 2.42. The minimum absolute atomic E-state index is 0.0827. The third-order valence-electron chi connectivity index (χ3n) is 2.42. The standard InChI is InChI=1S/C11H17NO/c1-4-10(12)9-5-8(3)11(13)6-7(9)2/h5-6,10,13H,4,12H2,1-3H3. The summed E-state index contributed by atoms with van der Waals surface area (Å²) in [6.07, 6.45) is 0.922. The molecule has 0 saturated carbocycles. The molecule has 3 N–H and O–H groups in total. The van der Waals surface area contributed by atoms with Crippen molar-refractivity contribution >= 4 is 0 Å². The van der Waals surface area contributed by atoms with E-state index < -0.39 is 0 Å². The molecule has 0 fully saturated rings. The summed E-state index contributed by atoms with van der Waals surface area (Å²) in [4.78, 5) is 0. The fourth-order valence-corrected chi connectivity index (χ4v) is 1.44. The van der Waals surface area contributed by atoms with E-state index in [0.717, 1.165) is 23.1 Å². The lowest BCUT2D eigenvalue weighted by Gasteiger charge is -2.14. The molecule has 13 heavy (non-hydrogen) atoms. The number of nitrogens with two attached hydrogens (primary N) is 1. The normalized spacial score (nSPS) is 12.9. The molecule has 0 bridgehead atoms. The van der Waals surface area contributed by atoms with Crippen molar-refractivity contribution in [1.29, 1.82) is 0 Å². The Morgan fingerprint density at radius 1 is 1.31 bits per heavy atom. The molecule has 1 atom stereocenters. The Balaban J connectivity index is 3.15. The van der Waals surface area contributed by atoms with Crippen molar-refractivity contribution in [2.45, 2.75) is 33.2 Å². The van der Waals surface area contributed by atoms with E-state index in [1.807, 2.05) is 19.9 Å². The van der Waals surface area contributed by atoms with Gasteiger partial charge in [0.15, 0.2) is 0 Å². The average molecular weight is 179 g/mol. The Kier molecular flexibility index (Phi) is 2.94. The van der Waals surface area contributed by atoms with E-state index in [2.05, 4.69) is 6.92 Å². The molecule has 0 aromatic heterocycles. The van der Waals surface area contributed by atoms with Gasteiger partial charge in [0.05, 0.1) is 0 Å². The number of aromatic hydroxyl groups is 1. The van der Waals surface area contributed by atoms with Crippen LogP contribution >= 0.6 is 0 Å². The maximum Gasteiger partial charge on any atom is 0.118 e. The van der Waals surface area contributed by atoms with Gasteiger partial charge in [-0.05, 0) is 43.0 Å². The molecule has 0 spiro atoms. The number of aryl methyl sites for hydroxylation is 2. The Bertz CT molecular complexity index is 307. The number of hydrogen-bond donors (Lipinski definition) is 2. The zero-order valence-electron chi connectivity index (χ0n) is 8.46. The summed E-state index contributed by atoms with van der Waals surface area (Å²) >= 11 is 0. The van der Waals surface area contributed by atoms with Gasteiger partial charge in [0.25, 0.3) is 0 Å². The molecule has 2 heteroatoms. The van der Waals surface area contributed by atoms with Gasteiger partial charge in [0.2, 0.25) is 0 Å². The van der Waals surface area contributed by atoms with Crippen LogP contribution in [0.25, 0.3) is 0 Å². The van der Waals surface area contributed by atoms with E-state index in [4.69, 9.17) is 5.73 Å². The molecule has 0 aliphatic carbocycles. The van der Waals surface area contributed by atoms with E-state index in [9.17, 15) is 5.11 Å². The fourth-order valence-electron chi connectivity index (χ4n) is 1.44. The molecule has 1 unspecified atom stereocenters. The first kappa shape index (κ1) is 10.1. The van der Waals surface area contributed by atoms with Gasteiger partial charge < -0.3 is 10.8 Å². The van der Waals surface area contributed by atoms with E-state index in [1.165, 1.54) is 0 Å². The van der Waals surface area contributed by atoms with Gasteiger partial charge in [0.1, 0.15) is 5.75 Å². The summed E-state index contributed by atoms with van der Waals surface area (Å²) in [6.45, 7) is 5.93. The fraction of sp³-hybridized carbons (Fsp3) is 0.455. The second kappa shape index (κ2) is 3.79. The number of hydrogen-bond acceptors (Lipinski definition) is 2. The Labute approximate surface area is 79.4 Å². The maximum atomic E-state index is 9.44. The molecular weight excluding hydrogens is 162 g/mol. The molecule has 0 amide bonds. The number of phenolic OH excluding ortho intramolecular Hbond substituents is 1. The van der Waals surface area contributed by atoms with Crippen molar-refractivity contribution in [3.05, 3.63) is 28.8 Å². The summed E-state index contributed by atoms with van der Waals surface area (Å²) in [7, 11) is 0. The van der Waals surface area contributed by atoms with Crippen LogP contribution in [-0.2, 0) is 0 Å². The Morgan fingerprint density at radius 2 is 1.92 bits per heavy atom. The van der Waals surface area contributed by atoms with Gasteiger partial charge in [-0.3, -0.25) is 0 Å². The maximum absolute atomic E-state index is 9.44. The quantitative estimate of drug-likeness (QED) is 0.732. The predicted octanol–water partition coefficient (Wildman–Crippen LogP) is 2.42. The molecular formula is C11H17NO. The average Bonchev–Trinajstić information content (AvgIpc) is 2.10. The van der Waals surface area contributed by atoms with Gasteiger partial charge in [0, 0.05) is 6.04 Å². The number of rotatable bonds is 2. The van der Waals surface area contributed by atoms with Crippen LogP contribution in [0.1, 0.15) is 36.1 Å². The molecule has 2 nitrogen and oxygen atoms in total. The molecule has 0 radical (unpaired) electrons. The molecule has 1 rings (SSSR count). The van der Waals surface area contributed by atoms with Crippen LogP contribution in [-0.4, -0.2) is 5.11 Å². The first-order valence-electron chi connectivity index (χ1n) is 4.62. The SMILES string of the molecule is CCC(N)c1cc(C)c(O)cc1C. The van der Waals surface area contributed by atoms with E-state index in [0.29, 0.717) is 5.75 Å². The summed E-state index contributed by atoms with van der Waals surface area (Å²) in [5.41, 5.74) is 9.03. The van der Waals surface area contributed by atoms with Gasteiger partial charge in [-0.1, -0.05) is 13.0 Å². The highest BCUT2D eigenvalue weighted by molar-refractivity contribution is 5.41. The van der Waals surface area contributed by atoms with Gasteiger partial charge in [-0.2, -0.15) is 0 Å². The van der Waals surface area contributed by atoms with Crippen LogP contribution in [0, 0.1) is 13.8 Å². The van der Waals surface area contributed by atoms with Crippen molar-refractivity contribution in [3.8, 4) is 5.75 Å². The van der Waals surface area contributed by atoms with Gasteiger partial charge in [-0.25, -0.2) is 0 Å². The first-order chi connectivity index (χ1) is 6.06. The molecule has 72 valence electrons. The lowest BCUT2D eigenvalue weighted by molar-refractivity contribution is 0.470. The molecule has 0 saturated heterocycles. The van der Waals surface area contributed by atoms with Gasteiger partial charge >= 0.3 is 0 Å². The van der Waals surface area contributed by atoms with Crippen molar-refractivity contribution in [2.24, 2.45) is 5.73 Å². The second-order valence-electron chi connectivity index (χ2n) is 3.51. The van der Waals surface area contributed by atoms with E-state index in [1.54, 1.807) is 6.07 Å². The number of phenols is 1. The molecule has 0 aliphatic heterocycles. The molecule has 0 aliphatic rings. The Hall–Kier alpha value is -1.02. The topological polar surface area (TPSA) is 46.2 Å². The minimum atomic E-state index is 0.0827. The lowest BCUT2D eigenvalue weighted by atomic mass is 9.97. The molecule has 1 aromatic carbocycles. The van der Waals surface area contributed by atoms with Crippen molar-refractivity contribution in [2.75, 3.05) is 0 Å². The van der Waals surface area contributed by atoms with Crippen LogP contribution < -0.4 is 5.73 Å². The largest absolute Gasteiger partial charge is 0.508 e. The van der Waals surface area contributed by atoms with Crippen LogP contribution in [0.2, 0.25) is 0 Å². The van der Waals surface area contributed by atoms with Crippen LogP contribution in [0.5, 0.6) is 5.75 Å². The van der Waals surface area contributed by atoms with E-state index >= 15 is 0 Å². The first-order valence-corrected chi connectivity index (χ1v) is 4.62. The lowest BCUT2D eigenvalue weighted by Crippen LogP contribution is -2.10. The monoisotopic (exact) mass is 179 g/mol. The van der Waals surface area contributed by atoms with Crippen molar-refractivity contribution in [3.63, 3.8) is 0 Å². The molecule has 1 aromatic rings. The zero-order valence-corrected chi connectivity index (χ0v) is 8.46. The smallest absolute Gasteiger partial charge is 0.118 e. The summed E-state index contributed by atoms with van der Waals surface area (Å²) in [5.74, 6) is 0.351. The third kappa shape index (κ3) is 2.01. The van der Waals surface area contributed by atoms with E-state index in [-0.39, 0.29) is 6.04 Å². The highest BCUT2D eigenvalue weighted by Gasteiger charge is 2.08. The summed E-state index contributed by atoms with van der Waals surface area (Å²) < 4.78 is 0.